The van der Waals surface area contributed by atoms with E-state index in [-0.39, 0.29) is 11.8 Å². The Balaban J connectivity index is 3.59. The Morgan fingerprint density at radius 1 is 1.40 bits per heavy atom. The molecule has 0 aromatic carbocycles. The van der Waals surface area contributed by atoms with Crippen LogP contribution in [-0.4, -0.2) is 23.5 Å². The highest BCUT2D eigenvalue weighted by molar-refractivity contribution is 5.87. The van der Waals surface area contributed by atoms with Crippen LogP contribution in [-0.2, 0) is 9.59 Å². The molecule has 0 saturated carbocycles. The summed E-state index contributed by atoms with van der Waals surface area (Å²) in [6, 6.07) is 0. The van der Waals surface area contributed by atoms with Gasteiger partial charge in [-0.05, 0) is 26.7 Å². The smallest absolute Gasteiger partial charge is 0.306 e. The molecule has 1 amide bonds. The number of carbonyl (C=O) groups excluding carboxylic acids is 1. The topological polar surface area (TPSA) is 66.4 Å². The maximum absolute atomic E-state index is 11.1. The minimum atomic E-state index is -0.786. The summed E-state index contributed by atoms with van der Waals surface area (Å²) >= 11 is 0. The summed E-state index contributed by atoms with van der Waals surface area (Å²) in [6.07, 6.45) is 2.81. The fraction of sp³-hybridized carbons (Fsp3) is 0.636. The van der Waals surface area contributed by atoms with E-state index in [9.17, 15) is 9.59 Å². The normalized spacial score (nSPS) is 11.7. The summed E-state index contributed by atoms with van der Waals surface area (Å²) in [5.41, 5.74) is 0.950. The van der Waals surface area contributed by atoms with Gasteiger partial charge in [0.1, 0.15) is 0 Å². The molecule has 0 aliphatic rings. The standard InChI is InChI=1S/C11H19NO3/c1-8(2)7-10(13)12-6-4-5-9(3)11(14)15/h7,9H,4-6H2,1-3H3,(H,12,13)(H,14,15). The van der Waals surface area contributed by atoms with Gasteiger partial charge >= 0.3 is 5.97 Å². The lowest BCUT2D eigenvalue weighted by Crippen LogP contribution is -2.23. The van der Waals surface area contributed by atoms with Gasteiger partial charge in [-0.2, -0.15) is 0 Å². The Morgan fingerprint density at radius 3 is 2.47 bits per heavy atom. The number of carbonyl (C=O) groups is 2. The third kappa shape index (κ3) is 7.73. The highest BCUT2D eigenvalue weighted by atomic mass is 16.4. The fourth-order valence-corrected chi connectivity index (χ4v) is 1.06. The second-order valence-electron chi connectivity index (χ2n) is 3.89. The van der Waals surface area contributed by atoms with Crippen LogP contribution in [0.5, 0.6) is 0 Å². The summed E-state index contributed by atoms with van der Waals surface area (Å²) in [5, 5.41) is 11.3. The quantitative estimate of drug-likeness (QED) is 0.520. The number of carboxylic acid groups (broad SMARTS) is 1. The molecule has 0 rings (SSSR count). The van der Waals surface area contributed by atoms with Crippen molar-refractivity contribution in [3.8, 4) is 0 Å². The zero-order chi connectivity index (χ0) is 11.8. The summed E-state index contributed by atoms with van der Waals surface area (Å²) in [4.78, 5) is 21.6. The van der Waals surface area contributed by atoms with Crippen molar-refractivity contribution < 1.29 is 14.7 Å². The van der Waals surface area contributed by atoms with Gasteiger partial charge in [0.25, 0.3) is 0 Å². The zero-order valence-corrected chi connectivity index (χ0v) is 9.54. The van der Waals surface area contributed by atoms with Crippen LogP contribution in [0.2, 0.25) is 0 Å². The molecule has 0 radical (unpaired) electrons. The zero-order valence-electron chi connectivity index (χ0n) is 9.54. The van der Waals surface area contributed by atoms with E-state index in [0.717, 1.165) is 5.57 Å². The van der Waals surface area contributed by atoms with E-state index in [2.05, 4.69) is 5.32 Å². The van der Waals surface area contributed by atoms with Crippen molar-refractivity contribution in [1.82, 2.24) is 5.32 Å². The van der Waals surface area contributed by atoms with Crippen LogP contribution < -0.4 is 5.32 Å². The first-order chi connectivity index (χ1) is 6.93. The Morgan fingerprint density at radius 2 is 2.00 bits per heavy atom. The second-order valence-corrected chi connectivity index (χ2v) is 3.89. The highest BCUT2D eigenvalue weighted by Crippen LogP contribution is 2.04. The molecule has 0 aromatic rings. The van der Waals surface area contributed by atoms with Crippen LogP contribution in [0.3, 0.4) is 0 Å². The van der Waals surface area contributed by atoms with Crippen molar-refractivity contribution in [2.45, 2.75) is 33.6 Å². The highest BCUT2D eigenvalue weighted by Gasteiger charge is 2.09. The molecule has 0 bridgehead atoms. The molecule has 0 aliphatic heterocycles. The van der Waals surface area contributed by atoms with Crippen molar-refractivity contribution in [3.05, 3.63) is 11.6 Å². The maximum atomic E-state index is 11.1. The number of allylic oxidation sites excluding steroid dienone is 1. The van der Waals surface area contributed by atoms with Crippen LogP contribution in [0.4, 0.5) is 0 Å². The number of amides is 1. The SMILES string of the molecule is CC(C)=CC(=O)NCCCC(C)C(=O)O. The number of aliphatic carboxylic acids is 1. The summed E-state index contributed by atoms with van der Waals surface area (Å²) in [7, 11) is 0. The lowest BCUT2D eigenvalue weighted by molar-refractivity contribution is -0.141. The van der Waals surface area contributed by atoms with Crippen molar-refractivity contribution in [2.24, 2.45) is 5.92 Å². The van der Waals surface area contributed by atoms with Crippen LogP contribution in [0.15, 0.2) is 11.6 Å². The maximum Gasteiger partial charge on any atom is 0.306 e. The molecule has 0 saturated heterocycles. The van der Waals surface area contributed by atoms with Gasteiger partial charge in [0, 0.05) is 12.6 Å². The van der Waals surface area contributed by atoms with Crippen molar-refractivity contribution in [3.63, 3.8) is 0 Å². The van der Waals surface area contributed by atoms with E-state index in [1.165, 1.54) is 6.08 Å². The van der Waals surface area contributed by atoms with E-state index in [4.69, 9.17) is 5.11 Å². The number of carboxylic acids is 1. The first kappa shape index (κ1) is 13.7. The first-order valence-corrected chi connectivity index (χ1v) is 5.09. The monoisotopic (exact) mass is 213 g/mol. The van der Waals surface area contributed by atoms with E-state index in [0.29, 0.717) is 19.4 Å². The number of nitrogens with one attached hydrogen (secondary N) is 1. The third-order valence-corrected chi connectivity index (χ3v) is 1.95. The van der Waals surface area contributed by atoms with Gasteiger partial charge in [-0.15, -0.1) is 0 Å². The summed E-state index contributed by atoms with van der Waals surface area (Å²) < 4.78 is 0. The number of hydrogen-bond donors (Lipinski definition) is 2. The summed E-state index contributed by atoms with van der Waals surface area (Å²) in [5.74, 6) is -1.24. The molecule has 0 fully saturated rings. The van der Waals surface area contributed by atoms with Crippen molar-refractivity contribution in [1.29, 1.82) is 0 Å². The van der Waals surface area contributed by atoms with Gasteiger partial charge < -0.3 is 10.4 Å². The molecule has 0 heterocycles. The first-order valence-electron chi connectivity index (χ1n) is 5.09. The number of hydrogen-bond acceptors (Lipinski definition) is 2. The van der Waals surface area contributed by atoms with Gasteiger partial charge in [-0.1, -0.05) is 12.5 Å². The van der Waals surface area contributed by atoms with Crippen LogP contribution in [0.25, 0.3) is 0 Å². The Hall–Kier alpha value is -1.32. The van der Waals surface area contributed by atoms with Gasteiger partial charge in [0.05, 0.1) is 5.92 Å². The largest absolute Gasteiger partial charge is 0.481 e. The average Bonchev–Trinajstić information content (AvgIpc) is 2.10. The lowest BCUT2D eigenvalue weighted by atomic mass is 10.1. The van der Waals surface area contributed by atoms with E-state index < -0.39 is 5.97 Å². The van der Waals surface area contributed by atoms with Crippen molar-refractivity contribution >= 4 is 11.9 Å². The van der Waals surface area contributed by atoms with Gasteiger partial charge in [-0.3, -0.25) is 9.59 Å². The Kier molecular flexibility index (Phi) is 6.42. The van der Waals surface area contributed by atoms with E-state index >= 15 is 0 Å². The minimum Gasteiger partial charge on any atom is -0.481 e. The minimum absolute atomic E-state index is 0.113. The van der Waals surface area contributed by atoms with Crippen LogP contribution in [0, 0.1) is 5.92 Å². The molecular formula is C11H19NO3. The lowest BCUT2D eigenvalue weighted by Gasteiger charge is -2.06. The second kappa shape index (κ2) is 7.04. The van der Waals surface area contributed by atoms with Crippen LogP contribution >= 0.6 is 0 Å². The van der Waals surface area contributed by atoms with E-state index in [1.54, 1.807) is 6.92 Å². The van der Waals surface area contributed by atoms with E-state index in [1.807, 2.05) is 13.8 Å². The van der Waals surface area contributed by atoms with Gasteiger partial charge in [0.15, 0.2) is 0 Å². The molecule has 1 unspecified atom stereocenters. The molecule has 0 aromatic heterocycles. The molecule has 0 aliphatic carbocycles. The Bertz CT molecular complexity index is 255. The molecule has 4 heteroatoms. The van der Waals surface area contributed by atoms with Gasteiger partial charge in [0.2, 0.25) is 5.91 Å². The number of rotatable bonds is 6. The molecule has 0 spiro atoms. The summed E-state index contributed by atoms with van der Waals surface area (Å²) in [6.45, 7) is 5.90. The fourth-order valence-electron chi connectivity index (χ4n) is 1.06. The predicted molar refractivity (Wildman–Crippen MR) is 58.5 cm³/mol. The van der Waals surface area contributed by atoms with Crippen LogP contribution in [0.1, 0.15) is 33.6 Å². The molecule has 86 valence electrons. The average molecular weight is 213 g/mol. The molecule has 4 nitrogen and oxygen atoms in total. The van der Waals surface area contributed by atoms with Crippen molar-refractivity contribution in [2.75, 3.05) is 6.54 Å². The molecule has 1 atom stereocenters. The van der Waals surface area contributed by atoms with Gasteiger partial charge in [-0.25, -0.2) is 0 Å². The molecule has 2 N–H and O–H groups in total. The molecule has 15 heavy (non-hydrogen) atoms. The Labute approximate surface area is 90.4 Å². The predicted octanol–water partition coefficient (Wildman–Crippen LogP) is 1.57. The molecular weight excluding hydrogens is 194 g/mol. The third-order valence-electron chi connectivity index (χ3n) is 1.95.